The molecule has 178 valence electrons. The zero-order valence-corrected chi connectivity index (χ0v) is 21.1. The Morgan fingerprint density at radius 1 is 1.03 bits per heavy atom. The molecule has 0 saturated carbocycles. The van der Waals surface area contributed by atoms with Crippen molar-refractivity contribution in [3.63, 3.8) is 0 Å². The van der Waals surface area contributed by atoms with Crippen LogP contribution in [0.15, 0.2) is 54.2 Å². The van der Waals surface area contributed by atoms with Crippen molar-refractivity contribution in [2.45, 2.75) is 45.5 Å². The molecule has 1 aliphatic rings. The highest BCUT2D eigenvalue weighted by Crippen LogP contribution is 2.37. The molecule has 0 unspecified atom stereocenters. The Bertz CT molecular complexity index is 1160. The molecule has 0 radical (unpaired) electrons. The van der Waals surface area contributed by atoms with E-state index >= 15 is 4.39 Å². The molecule has 0 N–H and O–H groups in total. The number of halogens is 1. The number of benzene rings is 1. The van der Waals surface area contributed by atoms with E-state index in [1.807, 2.05) is 11.0 Å². The van der Waals surface area contributed by atoms with Gasteiger partial charge in [0.1, 0.15) is 5.82 Å². The van der Waals surface area contributed by atoms with E-state index in [4.69, 9.17) is 9.26 Å². The highest BCUT2D eigenvalue weighted by molar-refractivity contribution is 6.74. The van der Waals surface area contributed by atoms with Crippen LogP contribution in [-0.4, -0.2) is 47.1 Å². The minimum absolute atomic E-state index is 0.0631. The van der Waals surface area contributed by atoms with Gasteiger partial charge in [-0.2, -0.15) is 0 Å². The topological polar surface area (TPSA) is 85.6 Å². The van der Waals surface area contributed by atoms with Crippen LogP contribution in [0.5, 0.6) is 6.01 Å². The molecule has 1 saturated heterocycles. The van der Waals surface area contributed by atoms with Gasteiger partial charge in [0.2, 0.25) is 5.95 Å². The van der Waals surface area contributed by atoms with Crippen LogP contribution < -0.4 is 9.74 Å². The molecule has 3 aromatic rings. The molecule has 1 aliphatic heterocycles. The number of hydrogen-bond donors (Lipinski definition) is 0. The van der Waals surface area contributed by atoms with Gasteiger partial charge < -0.3 is 14.2 Å². The first-order valence-electron chi connectivity index (χ1n) is 11.1. The van der Waals surface area contributed by atoms with Crippen molar-refractivity contribution >= 4 is 20.0 Å². The fourth-order valence-electron chi connectivity index (χ4n) is 3.04. The molecule has 1 fully saturated rings. The van der Waals surface area contributed by atoms with Crippen LogP contribution in [0.1, 0.15) is 26.3 Å². The monoisotopic (exact) mass is 480 g/mol. The summed E-state index contributed by atoms with van der Waals surface area (Å²) in [6.07, 6.45) is 6.46. The third kappa shape index (κ3) is 5.28. The number of anilines is 1. The molecular weight excluding hydrogens is 451 g/mol. The van der Waals surface area contributed by atoms with Gasteiger partial charge in [0, 0.05) is 41.5 Å². The Balaban J connectivity index is 1.39. The van der Waals surface area contributed by atoms with Crippen molar-refractivity contribution in [2.75, 3.05) is 18.0 Å². The van der Waals surface area contributed by atoms with Crippen molar-refractivity contribution < 1.29 is 13.7 Å². The predicted octanol–water partition coefficient (Wildman–Crippen LogP) is 4.85. The van der Waals surface area contributed by atoms with E-state index in [0.717, 1.165) is 5.71 Å². The van der Waals surface area contributed by atoms with Crippen molar-refractivity contribution in [1.82, 2.24) is 19.9 Å². The second-order valence-corrected chi connectivity index (χ2v) is 14.5. The number of hydrogen-bond acceptors (Lipinski definition) is 8. The molecule has 8 nitrogen and oxygen atoms in total. The van der Waals surface area contributed by atoms with Gasteiger partial charge in [0.15, 0.2) is 8.32 Å². The second-order valence-electron chi connectivity index (χ2n) is 9.74. The summed E-state index contributed by atoms with van der Waals surface area (Å²) in [5, 5.41) is 4.11. The van der Waals surface area contributed by atoms with Gasteiger partial charge in [-0.05, 0) is 24.2 Å². The first-order valence-corrected chi connectivity index (χ1v) is 14.0. The summed E-state index contributed by atoms with van der Waals surface area (Å²) in [4.78, 5) is 23.9. The van der Waals surface area contributed by atoms with Gasteiger partial charge in [0.25, 0.3) is 0 Å². The van der Waals surface area contributed by atoms with Gasteiger partial charge in [-0.1, -0.05) is 44.1 Å². The zero-order chi connectivity index (χ0) is 24.3. The van der Waals surface area contributed by atoms with Crippen molar-refractivity contribution in [1.29, 1.82) is 0 Å². The average Bonchev–Trinajstić information content (AvgIpc) is 2.78. The highest BCUT2D eigenvalue weighted by Gasteiger charge is 2.37. The molecule has 0 spiro atoms. The summed E-state index contributed by atoms with van der Waals surface area (Å²) in [5.74, 6) is 0.257. The first kappa shape index (κ1) is 23.9. The summed E-state index contributed by atoms with van der Waals surface area (Å²) in [6, 6.07) is 7.25. The fourth-order valence-corrected chi connectivity index (χ4v) is 3.99. The summed E-state index contributed by atoms with van der Waals surface area (Å²) < 4.78 is 21.5. The lowest BCUT2D eigenvalue weighted by Gasteiger charge is -2.36. The minimum atomic E-state index is -1.98. The van der Waals surface area contributed by atoms with Crippen molar-refractivity contribution in [3.05, 3.63) is 60.4 Å². The lowest BCUT2D eigenvalue weighted by Crippen LogP contribution is -2.48. The molecule has 0 atom stereocenters. The van der Waals surface area contributed by atoms with E-state index < -0.39 is 8.32 Å². The lowest BCUT2D eigenvalue weighted by molar-refractivity contribution is 0.271. The summed E-state index contributed by atoms with van der Waals surface area (Å²) >= 11 is 0. The SMILES string of the molecule is CC(C)(C)[Si](C)(C)OCc1cccc(-c2cnc(N3CC(=NOc4ncccn4)C3)nc2)c1F. The van der Waals surface area contributed by atoms with E-state index in [1.54, 1.807) is 43.0 Å². The van der Waals surface area contributed by atoms with Gasteiger partial charge in [-0.15, -0.1) is 0 Å². The Kier molecular flexibility index (Phi) is 6.71. The molecule has 3 heterocycles. The van der Waals surface area contributed by atoms with E-state index in [9.17, 15) is 0 Å². The summed E-state index contributed by atoms with van der Waals surface area (Å²) in [7, 11) is -1.98. The van der Waals surface area contributed by atoms with Crippen LogP contribution in [0.4, 0.5) is 10.3 Å². The highest BCUT2D eigenvalue weighted by atomic mass is 28.4. The van der Waals surface area contributed by atoms with Gasteiger partial charge in [0.05, 0.1) is 25.4 Å². The van der Waals surface area contributed by atoms with Crippen LogP contribution in [-0.2, 0) is 11.0 Å². The quantitative estimate of drug-likeness (QED) is 0.353. The lowest BCUT2D eigenvalue weighted by atomic mass is 10.1. The van der Waals surface area contributed by atoms with Gasteiger partial charge in [-0.3, -0.25) is 0 Å². The van der Waals surface area contributed by atoms with Crippen molar-refractivity contribution in [2.24, 2.45) is 5.16 Å². The maximum atomic E-state index is 15.3. The zero-order valence-electron chi connectivity index (χ0n) is 20.1. The second kappa shape index (κ2) is 9.55. The molecule has 4 rings (SSSR count). The average molecular weight is 481 g/mol. The van der Waals surface area contributed by atoms with Gasteiger partial charge in [-0.25, -0.2) is 24.3 Å². The predicted molar refractivity (Wildman–Crippen MR) is 132 cm³/mol. The molecule has 1 aromatic carbocycles. The van der Waals surface area contributed by atoms with E-state index in [1.165, 1.54) is 0 Å². The van der Waals surface area contributed by atoms with Crippen LogP contribution >= 0.6 is 0 Å². The molecule has 0 aliphatic carbocycles. The molecule has 2 aromatic heterocycles. The number of oxime groups is 1. The molecule has 0 bridgehead atoms. The Labute approximate surface area is 200 Å². The summed E-state index contributed by atoms with van der Waals surface area (Å²) in [6.45, 7) is 12.2. The largest absolute Gasteiger partial charge is 0.412 e. The first-order chi connectivity index (χ1) is 16.1. The van der Waals surface area contributed by atoms with E-state index in [0.29, 0.717) is 35.7 Å². The van der Waals surface area contributed by atoms with Gasteiger partial charge >= 0.3 is 6.01 Å². The normalized spacial score (nSPS) is 14.1. The number of nitrogens with zero attached hydrogens (tertiary/aromatic N) is 6. The maximum Gasteiger partial charge on any atom is 0.345 e. The minimum Gasteiger partial charge on any atom is -0.412 e. The molecular formula is C24H29FN6O2Si. The van der Waals surface area contributed by atoms with Crippen LogP contribution in [0.25, 0.3) is 11.1 Å². The van der Waals surface area contributed by atoms with Crippen LogP contribution in [0, 0.1) is 5.82 Å². The van der Waals surface area contributed by atoms with E-state index in [2.05, 4.69) is 59.0 Å². The molecule has 10 heteroatoms. The Morgan fingerprint density at radius 3 is 2.35 bits per heavy atom. The maximum absolute atomic E-state index is 15.3. The number of aromatic nitrogens is 4. The molecule has 0 amide bonds. The fraction of sp³-hybridized carbons (Fsp3) is 0.375. The Hall–Kier alpha value is -3.24. The van der Waals surface area contributed by atoms with E-state index in [-0.39, 0.29) is 23.5 Å². The summed E-state index contributed by atoms with van der Waals surface area (Å²) in [5.41, 5.74) is 2.46. The molecule has 34 heavy (non-hydrogen) atoms. The third-order valence-corrected chi connectivity index (χ3v) is 10.7. The standard InChI is InChI=1S/C24H29FN6O2Si/c1-24(2,3)34(4,5)32-16-17-8-6-9-20(21(17)25)18-12-28-22(29-13-18)31-14-19(15-31)30-33-23-26-10-7-11-27-23/h6-13H,14-16H2,1-5H3. The van der Waals surface area contributed by atoms with Crippen LogP contribution in [0.2, 0.25) is 18.1 Å². The van der Waals surface area contributed by atoms with Crippen molar-refractivity contribution in [3.8, 4) is 17.1 Å². The third-order valence-electron chi connectivity index (χ3n) is 6.25. The smallest absolute Gasteiger partial charge is 0.345 e. The number of rotatable bonds is 7. The van der Waals surface area contributed by atoms with Crippen LogP contribution in [0.3, 0.4) is 0 Å². The Morgan fingerprint density at radius 2 is 1.71 bits per heavy atom.